The van der Waals surface area contributed by atoms with Gasteiger partial charge < -0.3 is 4.18 Å². The van der Waals surface area contributed by atoms with Crippen molar-refractivity contribution < 1.29 is 20.9 Å². The van der Waals surface area contributed by atoms with Crippen LogP contribution in [0.2, 0.25) is 5.02 Å². The SMILES string of the molecule is O=S(=O)(F)Oc1ccc(Cl)c(F)c1. The molecule has 0 saturated heterocycles. The van der Waals surface area contributed by atoms with Crippen LogP contribution in [0.3, 0.4) is 0 Å². The fourth-order valence-electron chi connectivity index (χ4n) is 0.644. The van der Waals surface area contributed by atoms with Gasteiger partial charge in [-0.1, -0.05) is 15.5 Å². The molecule has 0 radical (unpaired) electrons. The molecule has 1 aromatic carbocycles. The van der Waals surface area contributed by atoms with Crippen LogP contribution in [0.4, 0.5) is 8.28 Å². The van der Waals surface area contributed by atoms with Crippen molar-refractivity contribution in [3.05, 3.63) is 29.0 Å². The van der Waals surface area contributed by atoms with Gasteiger partial charge in [-0.2, -0.15) is 8.42 Å². The van der Waals surface area contributed by atoms with Gasteiger partial charge in [-0.15, -0.1) is 0 Å². The first-order chi connectivity index (χ1) is 5.88. The van der Waals surface area contributed by atoms with Gasteiger partial charge in [-0.3, -0.25) is 0 Å². The van der Waals surface area contributed by atoms with Gasteiger partial charge in [0.25, 0.3) is 0 Å². The lowest BCUT2D eigenvalue weighted by atomic mass is 10.3. The first-order valence-electron chi connectivity index (χ1n) is 2.97. The van der Waals surface area contributed by atoms with Crippen molar-refractivity contribution in [1.29, 1.82) is 0 Å². The van der Waals surface area contributed by atoms with E-state index in [9.17, 15) is 16.7 Å². The molecule has 0 aliphatic heterocycles. The number of benzene rings is 1. The Morgan fingerprint density at radius 1 is 1.38 bits per heavy atom. The molecule has 3 nitrogen and oxygen atoms in total. The van der Waals surface area contributed by atoms with Crippen molar-refractivity contribution in [2.24, 2.45) is 0 Å². The first kappa shape index (κ1) is 10.2. The van der Waals surface area contributed by atoms with Crippen molar-refractivity contribution >= 4 is 22.1 Å². The summed E-state index contributed by atoms with van der Waals surface area (Å²) in [5.74, 6) is -1.35. The molecule has 0 N–H and O–H groups in total. The van der Waals surface area contributed by atoms with Gasteiger partial charge in [0, 0.05) is 6.07 Å². The summed E-state index contributed by atoms with van der Waals surface area (Å²) in [7, 11) is -5.12. The van der Waals surface area contributed by atoms with E-state index < -0.39 is 22.1 Å². The van der Waals surface area contributed by atoms with Crippen molar-refractivity contribution in [2.45, 2.75) is 0 Å². The molecule has 0 spiro atoms. The van der Waals surface area contributed by atoms with Crippen molar-refractivity contribution in [2.75, 3.05) is 0 Å². The highest BCUT2D eigenvalue weighted by molar-refractivity contribution is 7.81. The smallest absolute Gasteiger partial charge is 0.358 e. The van der Waals surface area contributed by atoms with Crippen molar-refractivity contribution in [1.82, 2.24) is 0 Å². The van der Waals surface area contributed by atoms with Crippen LogP contribution in [0.5, 0.6) is 5.75 Å². The number of hydrogen-bond acceptors (Lipinski definition) is 3. The fourth-order valence-corrected chi connectivity index (χ4v) is 1.09. The van der Waals surface area contributed by atoms with Crippen LogP contribution in [0.25, 0.3) is 0 Å². The summed E-state index contributed by atoms with van der Waals surface area (Å²) >= 11 is 5.28. The zero-order valence-electron chi connectivity index (χ0n) is 6.00. The molecule has 13 heavy (non-hydrogen) atoms. The Morgan fingerprint density at radius 3 is 2.46 bits per heavy atom. The summed E-state index contributed by atoms with van der Waals surface area (Å²) in [6, 6.07) is 2.75. The van der Waals surface area contributed by atoms with Crippen LogP contribution in [-0.4, -0.2) is 8.42 Å². The van der Waals surface area contributed by atoms with E-state index in [1.807, 2.05) is 0 Å². The van der Waals surface area contributed by atoms with Crippen molar-refractivity contribution in [3.63, 3.8) is 0 Å². The van der Waals surface area contributed by atoms with E-state index in [4.69, 9.17) is 11.6 Å². The minimum absolute atomic E-state index is 0.205. The molecule has 7 heteroatoms. The Hall–Kier alpha value is -0.880. The summed E-state index contributed by atoms with van der Waals surface area (Å²) < 4.78 is 48.2. The lowest BCUT2D eigenvalue weighted by Gasteiger charge is -1.99. The summed E-state index contributed by atoms with van der Waals surface area (Å²) in [5, 5.41) is -0.205. The van der Waals surface area contributed by atoms with Gasteiger partial charge in [0.2, 0.25) is 0 Å². The van der Waals surface area contributed by atoms with Crippen LogP contribution >= 0.6 is 11.6 Å². The van der Waals surface area contributed by atoms with E-state index in [0.717, 1.165) is 12.1 Å². The van der Waals surface area contributed by atoms with Gasteiger partial charge in [0.1, 0.15) is 11.6 Å². The molecule has 0 bridgehead atoms. The number of rotatable bonds is 2. The van der Waals surface area contributed by atoms with Gasteiger partial charge in [-0.25, -0.2) is 4.39 Å². The molecule has 0 aromatic heterocycles. The molecule has 1 aromatic rings. The predicted octanol–water partition coefficient (Wildman–Crippen LogP) is 2.07. The molecule has 0 unspecified atom stereocenters. The van der Waals surface area contributed by atoms with Gasteiger partial charge in [0.05, 0.1) is 5.02 Å². The highest BCUT2D eigenvalue weighted by Gasteiger charge is 2.10. The maximum Gasteiger partial charge on any atom is 0.488 e. The van der Waals surface area contributed by atoms with E-state index in [0.29, 0.717) is 6.07 Å². The Balaban J connectivity index is 2.99. The Labute approximate surface area is 78.3 Å². The standard InChI is InChI=1S/C6H3ClF2O3S/c7-5-2-1-4(3-6(5)8)12-13(9,10)11/h1-3H. The Morgan fingerprint density at radius 2 is 2.00 bits per heavy atom. The van der Waals surface area contributed by atoms with E-state index in [2.05, 4.69) is 4.18 Å². The Kier molecular flexibility index (Phi) is 2.72. The first-order valence-corrected chi connectivity index (χ1v) is 4.66. The third kappa shape index (κ3) is 3.16. The average Bonchev–Trinajstić information content (AvgIpc) is 1.94. The second-order valence-corrected chi connectivity index (χ2v) is 3.41. The summed E-state index contributed by atoms with van der Waals surface area (Å²) in [5.41, 5.74) is 0. The molecule has 72 valence electrons. The average molecular weight is 229 g/mol. The maximum absolute atomic E-state index is 12.6. The van der Waals surface area contributed by atoms with E-state index in [-0.39, 0.29) is 5.02 Å². The molecule has 0 aliphatic carbocycles. The minimum Gasteiger partial charge on any atom is -0.358 e. The molecule has 0 heterocycles. The molecule has 0 fully saturated rings. The zero-order valence-corrected chi connectivity index (χ0v) is 7.57. The van der Waals surface area contributed by atoms with Crippen LogP contribution in [0.1, 0.15) is 0 Å². The predicted molar refractivity (Wildman–Crippen MR) is 42.1 cm³/mol. The zero-order chi connectivity index (χ0) is 10.1. The summed E-state index contributed by atoms with van der Waals surface area (Å²) in [4.78, 5) is 0. The lowest BCUT2D eigenvalue weighted by Crippen LogP contribution is -2.01. The van der Waals surface area contributed by atoms with E-state index in [1.54, 1.807) is 0 Å². The van der Waals surface area contributed by atoms with Crippen LogP contribution < -0.4 is 4.18 Å². The molecule has 0 aliphatic rings. The molecule has 0 saturated carbocycles. The highest BCUT2D eigenvalue weighted by atomic mass is 35.5. The third-order valence-corrected chi connectivity index (χ3v) is 1.78. The van der Waals surface area contributed by atoms with Gasteiger partial charge >= 0.3 is 10.5 Å². The Bertz CT molecular complexity index is 418. The van der Waals surface area contributed by atoms with Gasteiger partial charge in [-0.05, 0) is 12.1 Å². The van der Waals surface area contributed by atoms with Crippen molar-refractivity contribution in [3.8, 4) is 5.75 Å². The summed E-state index contributed by atoms with van der Waals surface area (Å²) in [6.45, 7) is 0. The van der Waals surface area contributed by atoms with E-state index >= 15 is 0 Å². The normalized spacial score (nSPS) is 11.3. The molecule has 0 atom stereocenters. The van der Waals surface area contributed by atoms with E-state index in [1.165, 1.54) is 0 Å². The molecule has 0 amide bonds. The topological polar surface area (TPSA) is 43.4 Å². The minimum atomic E-state index is -5.12. The quantitative estimate of drug-likeness (QED) is 0.728. The summed E-state index contributed by atoms with van der Waals surface area (Å²) in [6.07, 6.45) is 0. The van der Waals surface area contributed by atoms with Crippen LogP contribution in [0.15, 0.2) is 18.2 Å². The third-order valence-electron chi connectivity index (χ3n) is 1.09. The highest BCUT2D eigenvalue weighted by Crippen LogP contribution is 2.21. The number of hydrogen-bond donors (Lipinski definition) is 0. The fraction of sp³-hybridized carbons (Fsp3) is 0. The largest absolute Gasteiger partial charge is 0.488 e. The second kappa shape index (κ2) is 3.47. The van der Waals surface area contributed by atoms with Crippen LogP contribution in [-0.2, 0) is 10.5 Å². The number of halogens is 3. The lowest BCUT2D eigenvalue weighted by molar-refractivity contribution is 0.438. The molecule has 1 rings (SSSR count). The van der Waals surface area contributed by atoms with Crippen LogP contribution in [0, 0.1) is 5.82 Å². The molecular weight excluding hydrogens is 226 g/mol. The monoisotopic (exact) mass is 228 g/mol. The van der Waals surface area contributed by atoms with Gasteiger partial charge in [0.15, 0.2) is 0 Å². The maximum atomic E-state index is 12.6. The molecular formula is C6H3ClF2O3S. The second-order valence-electron chi connectivity index (χ2n) is 2.05.